The second-order valence-electron chi connectivity index (χ2n) is 3.80. The lowest BCUT2D eigenvalue weighted by molar-refractivity contribution is 0.0768. The van der Waals surface area contributed by atoms with Crippen molar-refractivity contribution in [2.75, 3.05) is 24.6 Å². The summed E-state index contributed by atoms with van der Waals surface area (Å²) in [5.41, 5.74) is 0.324. The molecule has 1 aliphatic heterocycles. The van der Waals surface area contributed by atoms with Crippen LogP contribution in [0.5, 0.6) is 5.75 Å². The fourth-order valence-electron chi connectivity index (χ4n) is 1.69. The van der Waals surface area contributed by atoms with E-state index < -0.39 is 10.8 Å². The van der Waals surface area contributed by atoms with Crippen LogP contribution >= 0.6 is 22.6 Å². The molecule has 92 valence electrons. The molecular weight excluding hydrogens is 353 g/mol. The van der Waals surface area contributed by atoms with Gasteiger partial charge in [-0.3, -0.25) is 9.00 Å². The van der Waals surface area contributed by atoms with Crippen LogP contribution in [0.3, 0.4) is 0 Å². The molecule has 1 aromatic rings. The lowest BCUT2D eigenvalue weighted by Gasteiger charge is -2.26. The summed E-state index contributed by atoms with van der Waals surface area (Å²) < 4.78 is 12.1. The third-order valence-corrected chi connectivity index (χ3v) is 4.60. The van der Waals surface area contributed by atoms with Crippen LogP contribution in [0.15, 0.2) is 18.2 Å². The second-order valence-corrected chi connectivity index (χ2v) is 6.74. The van der Waals surface area contributed by atoms with Crippen molar-refractivity contribution < 1.29 is 14.1 Å². The smallest absolute Gasteiger partial charge is 0.257 e. The number of halogens is 1. The van der Waals surface area contributed by atoms with Crippen molar-refractivity contribution >= 4 is 39.3 Å². The van der Waals surface area contributed by atoms with Gasteiger partial charge in [-0.1, -0.05) is 0 Å². The molecule has 1 saturated heterocycles. The summed E-state index contributed by atoms with van der Waals surface area (Å²) in [5.74, 6) is 0.868. The molecule has 0 radical (unpaired) electrons. The van der Waals surface area contributed by atoms with Crippen molar-refractivity contribution in [1.29, 1.82) is 0 Å². The molecular formula is C11H12INO3S. The van der Waals surface area contributed by atoms with Crippen LogP contribution in [0, 0.1) is 3.57 Å². The first-order valence-electron chi connectivity index (χ1n) is 5.20. The van der Waals surface area contributed by atoms with E-state index in [4.69, 9.17) is 0 Å². The molecule has 1 aromatic carbocycles. The van der Waals surface area contributed by atoms with Crippen molar-refractivity contribution in [3.05, 3.63) is 27.3 Å². The van der Waals surface area contributed by atoms with Crippen LogP contribution < -0.4 is 0 Å². The molecule has 2 rings (SSSR count). The van der Waals surface area contributed by atoms with Gasteiger partial charge in [0.1, 0.15) is 5.75 Å². The van der Waals surface area contributed by atoms with Crippen LogP contribution in [0.2, 0.25) is 0 Å². The average molecular weight is 365 g/mol. The van der Waals surface area contributed by atoms with Crippen molar-refractivity contribution in [2.45, 2.75) is 0 Å². The Kier molecular flexibility index (Phi) is 4.03. The number of amides is 1. The van der Waals surface area contributed by atoms with Gasteiger partial charge in [0.2, 0.25) is 0 Å². The molecule has 0 saturated carbocycles. The van der Waals surface area contributed by atoms with E-state index in [1.165, 1.54) is 6.07 Å². The van der Waals surface area contributed by atoms with Gasteiger partial charge in [0.05, 0.1) is 5.56 Å². The van der Waals surface area contributed by atoms with Crippen molar-refractivity contribution in [3.63, 3.8) is 0 Å². The van der Waals surface area contributed by atoms with Gasteiger partial charge in [-0.2, -0.15) is 0 Å². The summed E-state index contributed by atoms with van der Waals surface area (Å²) in [5, 5.41) is 9.68. The predicted molar refractivity (Wildman–Crippen MR) is 74.6 cm³/mol. The van der Waals surface area contributed by atoms with Crippen molar-refractivity contribution in [2.24, 2.45) is 0 Å². The fraction of sp³-hybridized carbons (Fsp3) is 0.364. The number of hydrogen-bond acceptors (Lipinski definition) is 3. The number of phenols is 1. The van der Waals surface area contributed by atoms with Crippen LogP contribution in [-0.4, -0.2) is 44.7 Å². The zero-order valence-corrected chi connectivity index (χ0v) is 12.0. The first-order valence-corrected chi connectivity index (χ1v) is 7.77. The molecule has 1 aliphatic rings. The molecule has 0 atom stereocenters. The van der Waals surface area contributed by atoms with E-state index in [9.17, 15) is 14.1 Å². The first kappa shape index (κ1) is 12.8. The maximum Gasteiger partial charge on any atom is 0.257 e. The highest BCUT2D eigenvalue weighted by Gasteiger charge is 2.23. The lowest BCUT2D eigenvalue weighted by atomic mass is 10.1. The molecule has 0 aromatic heterocycles. The van der Waals surface area contributed by atoms with Crippen LogP contribution in [-0.2, 0) is 10.8 Å². The van der Waals surface area contributed by atoms with E-state index >= 15 is 0 Å². The van der Waals surface area contributed by atoms with E-state index in [0.717, 1.165) is 3.57 Å². The monoisotopic (exact) mass is 365 g/mol. The van der Waals surface area contributed by atoms with Crippen molar-refractivity contribution in [3.8, 4) is 5.75 Å². The molecule has 1 fully saturated rings. The summed E-state index contributed by atoms with van der Waals surface area (Å²) in [4.78, 5) is 13.8. The molecule has 1 N–H and O–H groups in total. The zero-order valence-electron chi connectivity index (χ0n) is 9.06. The average Bonchev–Trinajstić information content (AvgIpc) is 2.32. The minimum atomic E-state index is -0.801. The molecule has 1 heterocycles. The topological polar surface area (TPSA) is 57.6 Å². The molecule has 0 spiro atoms. The standard InChI is InChI=1S/C11H12INO3S/c12-8-1-2-10(14)9(7-8)11(15)13-3-5-17(16)6-4-13/h1-2,7,14H,3-6H2. The maximum atomic E-state index is 12.1. The van der Waals surface area contributed by atoms with Crippen molar-refractivity contribution in [1.82, 2.24) is 4.90 Å². The summed E-state index contributed by atoms with van der Waals surface area (Å²) >= 11 is 2.10. The number of benzene rings is 1. The number of rotatable bonds is 1. The summed E-state index contributed by atoms with van der Waals surface area (Å²) in [6.45, 7) is 0.993. The third-order valence-electron chi connectivity index (χ3n) is 2.65. The molecule has 1 amide bonds. The van der Waals surface area contributed by atoms with Gasteiger partial charge in [0, 0.05) is 39.0 Å². The molecule has 17 heavy (non-hydrogen) atoms. The summed E-state index contributed by atoms with van der Waals surface area (Å²) in [6, 6.07) is 4.94. The Morgan fingerprint density at radius 1 is 1.35 bits per heavy atom. The highest BCUT2D eigenvalue weighted by Crippen LogP contribution is 2.21. The molecule has 0 bridgehead atoms. The zero-order chi connectivity index (χ0) is 12.4. The van der Waals surface area contributed by atoms with Gasteiger partial charge in [-0.05, 0) is 40.8 Å². The van der Waals surface area contributed by atoms with E-state index in [1.807, 2.05) is 0 Å². The molecule has 4 nitrogen and oxygen atoms in total. The predicted octanol–water partition coefficient (Wildman–Crippen LogP) is 1.20. The first-order chi connectivity index (χ1) is 8.08. The molecule has 0 unspecified atom stereocenters. The minimum Gasteiger partial charge on any atom is -0.507 e. The third kappa shape index (κ3) is 2.98. The van der Waals surface area contributed by atoms with E-state index in [0.29, 0.717) is 30.2 Å². The van der Waals surface area contributed by atoms with Crippen LogP contribution in [0.1, 0.15) is 10.4 Å². The number of carbonyl (C=O) groups is 1. The summed E-state index contributed by atoms with van der Waals surface area (Å²) in [6.07, 6.45) is 0. The molecule has 6 heteroatoms. The SMILES string of the molecule is O=C(c1cc(I)ccc1O)N1CCS(=O)CC1. The molecule has 0 aliphatic carbocycles. The van der Waals surface area contributed by atoms with Gasteiger partial charge < -0.3 is 10.0 Å². The Bertz CT molecular complexity index is 468. The Morgan fingerprint density at radius 3 is 2.65 bits per heavy atom. The fourth-order valence-corrected chi connectivity index (χ4v) is 3.23. The Morgan fingerprint density at radius 2 is 2.00 bits per heavy atom. The van der Waals surface area contributed by atoms with Crippen LogP contribution in [0.4, 0.5) is 0 Å². The number of phenolic OH excluding ortho intramolecular Hbond substituents is 1. The second kappa shape index (κ2) is 5.34. The van der Waals surface area contributed by atoms with Gasteiger partial charge in [0.25, 0.3) is 5.91 Å². The lowest BCUT2D eigenvalue weighted by Crippen LogP contribution is -2.41. The quantitative estimate of drug-likeness (QED) is 0.761. The minimum absolute atomic E-state index is 0.00196. The summed E-state index contributed by atoms with van der Waals surface area (Å²) in [7, 11) is -0.801. The maximum absolute atomic E-state index is 12.1. The van der Waals surface area contributed by atoms with Gasteiger partial charge in [0.15, 0.2) is 0 Å². The Labute approximate surface area is 116 Å². The largest absolute Gasteiger partial charge is 0.507 e. The Balaban J connectivity index is 2.19. The van der Waals surface area contributed by atoms with Gasteiger partial charge >= 0.3 is 0 Å². The number of carbonyl (C=O) groups excluding carboxylic acids is 1. The van der Waals surface area contributed by atoms with Crippen LogP contribution in [0.25, 0.3) is 0 Å². The van der Waals surface area contributed by atoms with E-state index in [2.05, 4.69) is 22.6 Å². The number of hydrogen-bond donors (Lipinski definition) is 1. The van der Waals surface area contributed by atoms with E-state index in [-0.39, 0.29) is 11.7 Å². The Hall–Kier alpha value is -0.630. The van der Waals surface area contributed by atoms with Gasteiger partial charge in [-0.15, -0.1) is 0 Å². The number of nitrogens with zero attached hydrogens (tertiary/aromatic N) is 1. The highest BCUT2D eigenvalue weighted by atomic mass is 127. The normalized spacial score (nSPS) is 17.1. The van der Waals surface area contributed by atoms with E-state index in [1.54, 1.807) is 17.0 Å². The highest BCUT2D eigenvalue weighted by molar-refractivity contribution is 14.1. The van der Waals surface area contributed by atoms with Gasteiger partial charge in [-0.25, -0.2) is 0 Å². The number of aromatic hydroxyl groups is 1.